The quantitative estimate of drug-likeness (QED) is 0.459. The van der Waals surface area contributed by atoms with Crippen LogP contribution in [0.1, 0.15) is 45.4 Å². The van der Waals surface area contributed by atoms with E-state index in [0.29, 0.717) is 27.5 Å². The first-order chi connectivity index (χ1) is 13.5. The molecule has 2 rings (SSSR count). The number of ether oxygens (including phenoxy) is 1. The van der Waals surface area contributed by atoms with Crippen LogP contribution in [0.2, 0.25) is 0 Å². The number of hydrogen-bond donors (Lipinski definition) is 2. The lowest BCUT2D eigenvalue weighted by molar-refractivity contribution is -0.116. The van der Waals surface area contributed by atoms with Crippen molar-refractivity contribution in [3.05, 3.63) is 46.3 Å². The zero-order valence-corrected chi connectivity index (χ0v) is 17.8. The lowest BCUT2D eigenvalue weighted by Gasteiger charge is -2.07. The van der Waals surface area contributed by atoms with Gasteiger partial charge in [0.2, 0.25) is 5.91 Å². The van der Waals surface area contributed by atoms with Crippen molar-refractivity contribution in [3.63, 3.8) is 0 Å². The summed E-state index contributed by atoms with van der Waals surface area (Å²) >= 11 is 2.76. The molecule has 0 radical (unpaired) electrons. The van der Waals surface area contributed by atoms with Gasteiger partial charge < -0.3 is 15.4 Å². The molecule has 0 aliphatic carbocycles. The highest BCUT2D eigenvalue weighted by Crippen LogP contribution is 2.34. The molecule has 0 fully saturated rings. The molecule has 0 spiro atoms. The minimum Gasteiger partial charge on any atom is -0.462 e. The Hall–Kier alpha value is -2.32. The summed E-state index contributed by atoms with van der Waals surface area (Å²) in [4.78, 5) is 37.7. The Kier molecular flexibility index (Phi) is 8.53. The number of thiophene rings is 1. The van der Waals surface area contributed by atoms with Crippen molar-refractivity contribution in [2.75, 3.05) is 29.2 Å². The number of amides is 2. The molecule has 0 saturated carbocycles. The molecule has 2 N–H and O–H groups in total. The second-order valence-electron chi connectivity index (χ2n) is 5.95. The Bertz CT molecular complexity index is 834. The van der Waals surface area contributed by atoms with Gasteiger partial charge in [0.05, 0.1) is 17.0 Å². The van der Waals surface area contributed by atoms with Gasteiger partial charge in [0, 0.05) is 12.1 Å². The molecule has 0 atom stereocenters. The van der Waals surface area contributed by atoms with Crippen molar-refractivity contribution in [1.29, 1.82) is 0 Å². The van der Waals surface area contributed by atoms with Crippen molar-refractivity contribution in [3.8, 4) is 0 Å². The van der Waals surface area contributed by atoms with E-state index in [1.54, 1.807) is 37.7 Å². The SMILES string of the molecule is CCOC(=O)c1c(NC(=O)CCCSC)sc(C(=O)Nc2ccccc2)c1C. The Morgan fingerprint density at radius 2 is 1.86 bits per heavy atom. The highest BCUT2D eigenvalue weighted by molar-refractivity contribution is 7.98. The lowest BCUT2D eigenvalue weighted by atomic mass is 10.1. The zero-order chi connectivity index (χ0) is 20.5. The number of thioether (sulfide) groups is 1. The maximum atomic E-state index is 12.7. The van der Waals surface area contributed by atoms with E-state index in [1.165, 1.54) is 0 Å². The van der Waals surface area contributed by atoms with Gasteiger partial charge in [-0.25, -0.2) is 4.79 Å². The fourth-order valence-corrected chi connectivity index (χ4v) is 4.08. The number of rotatable bonds is 9. The van der Waals surface area contributed by atoms with Gasteiger partial charge >= 0.3 is 5.97 Å². The summed E-state index contributed by atoms with van der Waals surface area (Å²) in [6, 6.07) is 9.06. The van der Waals surface area contributed by atoms with Crippen molar-refractivity contribution in [2.24, 2.45) is 0 Å². The molecule has 2 amide bonds. The van der Waals surface area contributed by atoms with Crippen LogP contribution in [0.4, 0.5) is 10.7 Å². The predicted molar refractivity (Wildman–Crippen MR) is 116 cm³/mol. The largest absolute Gasteiger partial charge is 0.462 e. The van der Waals surface area contributed by atoms with Crippen LogP contribution >= 0.6 is 23.1 Å². The lowest BCUT2D eigenvalue weighted by Crippen LogP contribution is -2.15. The average Bonchev–Trinajstić information content (AvgIpc) is 2.99. The van der Waals surface area contributed by atoms with Crippen LogP contribution in [-0.2, 0) is 9.53 Å². The summed E-state index contributed by atoms with van der Waals surface area (Å²) in [5, 5.41) is 5.94. The standard InChI is InChI=1S/C20H24N2O4S2/c1-4-26-20(25)16-13(2)17(18(24)21-14-9-6-5-7-10-14)28-19(16)22-15(23)11-8-12-27-3/h5-7,9-10H,4,8,11-12H2,1-3H3,(H,21,24)(H,22,23). The third-order valence-corrected chi connectivity index (χ3v) is 5.77. The topological polar surface area (TPSA) is 84.5 Å². The van der Waals surface area contributed by atoms with E-state index in [1.807, 2.05) is 24.5 Å². The second-order valence-corrected chi connectivity index (χ2v) is 7.95. The third kappa shape index (κ3) is 5.84. The van der Waals surface area contributed by atoms with Gasteiger partial charge in [0.25, 0.3) is 5.91 Å². The van der Waals surface area contributed by atoms with E-state index in [4.69, 9.17) is 4.74 Å². The number of carbonyl (C=O) groups is 3. The summed E-state index contributed by atoms with van der Waals surface area (Å²) in [7, 11) is 0. The Labute approximate surface area is 173 Å². The van der Waals surface area contributed by atoms with E-state index in [9.17, 15) is 14.4 Å². The summed E-state index contributed by atoms with van der Waals surface area (Å²) in [6.45, 7) is 3.61. The summed E-state index contributed by atoms with van der Waals surface area (Å²) < 4.78 is 5.12. The molecule has 2 aromatic rings. The second kappa shape index (κ2) is 10.9. The molecule has 6 nitrogen and oxygen atoms in total. The van der Waals surface area contributed by atoms with Crippen LogP contribution < -0.4 is 10.6 Å². The molecular formula is C20H24N2O4S2. The van der Waals surface area contributed by atoms with Crippen LogP contribution in [0.3, 0.4) is 0 Å². The highest BCUT2D eigenvalue weighted by Gasteiger charge is 2.26. The normalized spacial score (nSPS) is 10.4. The predicted octanol–water partition coefficient (Wildman–Crippen LogP) is 4.57. The molecule has 28 heavy (non-hydrogen) atoms. The minimum atomic E-state index is -0.547. The van der Waals surface area contributed by atoms with Crippen LogP contribution in [0.5, 0.6) is 0 Å². The number of nitrogens with one attached hydrogen (secondary N) is 2. The first-order valence-electron chi connectivity index (χ1n) is 8.93. The van der Waals surface area contributed by atoms with Crippen LogP contribution in [0.25, 0.3) is 0 Å². The van der Waals surface area contributed by atoms with Crippen molar-refractivity contribution in [1.82, 2.24) is 0 Å². The van der Waals surface area contributed by atoms with Gasteiger partial charge in [-0.05, 0) is 50.0 Å². The fourth-order valence-electron chi connectivity index (χ4n) is 2.54. The number of hydrogen-bond acceptors (Lipinski definition) is 6. The molecular weight excluding hydrogens is 396 g/mol. The third-order valence-electron chi connectivity index (χ3n) is 3.87. The maximum Gasteiger partial charge on any atom is 0.341 e. The van der Waals surface area contributed by atoms with Gasteiger partial charge in [-0.15, -0.1) is 11.3 Å². The molecule has 0 aliphatic rings. The average molecular weight is 421 g/mol. The molecule has 0 aliphatic heterocycles. The number of para-hydroxylation sites is 1. The summed E-state index contributed by atoms with van der Waals surface area (Å²) in [5.41, 5.74) is 1.39. The van der Waals surface area contributed by atoms with Gasteiger partial charge in [-0.1, -0.05) is 18.2 Å². The summed E-state index contributed by atoms with van der Waals surface area (Å²) in [6.07, 6.45) is 3.08. The van der Waals surface area contributed by atoms with Crippen LogP contribution in [-0.4, -0.2) is 36.4 Å². The fraction of sp³-hybridized carbons (Fsp3) is 0.350. The molecule has 1 aromatic heterocycles. The first kappa shape index (κ1) is 22.0. The van der Waals surface area contributed by atoms with Crippen molar-refractivity contribution >= 4 is 51.6 Å². The maximum absolute atomic E-state index is 12.7. The molecule has 150 valence electrons. The molecule has 0 bridgehead atoms. The Balaban J connectivity index is 2.27. The first-order valence-corrected chi connectivity index (χ1v) is 11.1. The Morgan fingerprint density at radius 3 is 2.50 bits per heavy atom. The van der Waals surface area contributed by atoms with Crippen LogP contribution in [0, 0.1) is 6.92 Å². The Morgan fingerprint density at radius 1 is 1.14 bits per heavy atom. The van der Waals surface area contributed by atoms with Gasteiger partial charge in [0.1, 0.15) is 5.00 Å². The van der Waals surface area contributed by atoms with E-state index in [0.717, 1.165) is 23.5 Å². The number of anilines is 2. The molecule has 1 heterocycles. The summed E-state index contributed by atoms with van der Waals surface area (Å²) in [5.74, 6) is -0.181. The van der Waals surface area contributed by atoms with E-state index >= 15 is 0 Å². The number of carbonyl (C=O) groups excluding carboxylic acids is 3. The molecule has 8 heteroatoms. The van der Waals surface area contributed by atoms with Crippen molar-refractivity contribution < 1.29 is 19.1 Å². The van der Waals surface area contributed by atoms with E-state index in [2.05, 4.69) is 10.6 Å². The van der Waals surface area contributed by atoms with Gasteiger partial charge in [-0.3, -0.25) is 9.59 Å². The highest BCUT2D eigenvalue weighted by atomic mass is 32.2. The number of esters is 1. The van der Waals surface area contributed by atoms with Gasteiger partial charge in [0.15, 0.2) is 0 Å². The van der Waals surface area contributed by atoms with Gasteiger partial charge in [-0.2, -0.15) is 11.8 Å². The molecule has 1 aromatic carbocycles. The van der Waals surface area contributed by atoms with E-state index < -0.39 is 5.97 Å². The van der Waals surface area contributed by atoms with Crippen LogP contribution in [0.15, 0.2) is 30.3 Å². The molecule has 0 unspecified atom stereocenters. The monoisotopic (exact) mass is 420 g/mol. The number of benzene rings is 1. The van der Waals surface area contributed by atoms with E-state index in [-0.39, 0.29) is 24.0 Å². The molecule has 0 saturated heterocycles. The smallest absolute Gasteiger partial charge is 0.341 e. The van der Waals surface area contributed by atoms with Crippen molar-refractivity contribution in [2.45, 2.75) is 26.7 Å². The zero-order valence-electron chi connectivity index (χ0n) is 16.2. The minimum absolute atomic E-state index is 0.184.